The molecule has 0 aromatic heterocycles. The van der Waals surface area contributed by atoms with Gasteiger partial charge in [-0.2, -0.15) is 0 Å². The summed E-state index contributed by atoms with van der Waals surface area (Å²) in [7, 11) is 6.94. The lowest BCUT2D eigenvalue weighted by Gasteiger charge is -2.34. The minimum absolute atomic E-state index is 0.00678. The number of benzene rings is 2. The highest BCUT2D eigenvalue weighted by Gasteiger charge is 2.50. The molecule has 9 nitrogen and oxygen atoms in total. The van der Waals surface area contributed by atoms with Crippen LogP contribution in [0.2, 0.25) is 0 Å². The van der Waals surface area contributed by atoms with Gasteiger partial charge in [0.25, 0.3) is 5.91 Å². The molecule has 272 valence electrons. The molecule has 0 spiro atoms. The summed E-state index contributed by atoms with van der Waals surface area (Å²) < 4.78 is 29.7. The van der Waals surface area contributed by atoms with Gasteiger partial charge in [-0.05, 0) is 62.8 Å². The van der Waals surface area contributed by atoms with E-state index in [1.54, 1.807) is 31.1 Å². The first-order chi connectivity index (χ1) is 24.1. The predicted molar refractivity (Wildman–Crippen MR) is 215 cm³/mol. The van der Waals surface area contributed by atoms with Crippen LogP contribution < -0.4 is 14.4 Å². The summed E-state index contributed by atoms with van der Waals surface area (Å²) in [6.45, 7) is 11.4. The maximum Gasteiger partial charge on any atom is 0.257 e. The van der Waals surface area contributed by atoms with E-state index >= 15 is 0 Å². The molecule has 2 heterocycles. The number of ether oxygens (including phenoxy) is 5. The molecule has 50 heavy (non-hydrogen) atoms. The van der Waals surface area contributed by atoms with Crippen molar-refractivity contribution in [3.8, 4) is 11.5 Å². The molecule has 1 aliphatic carbocycles. The van der Waals surface area contributed by atoms with E-state index in [1.807, 2.05) is 34.1 Å². The summed E-state index contributed by atoms with van der Waals surface area (Å²) >= 11 is 2.41. The highest BCUT2D eigenvalue weighted by Crippen LogP contribution is 2.46. The lowest BCUT2D eigenvalue weighted by Crippen LogP contribution is -2.49. The van der Waals surface area contributed by atoms with Gasteiger partial charge in [-0.1, -0.05) is 74.5 Å². The Kier molecular flexibility index (Phi) is 14.0. The van der Waals surface area contributed by atoms with E-state index in [4.69, 9.17) is 28.7 Å². The second kappa shape index (κ2) is 18.0. The van der Waals surface area contributed by atoms with Gasteiger partial charge in [0.1, 0.15) is 6.61 Å². The number of allylic oxidation sites excluding steroid dienone is 2. The summed E-state index contributed by atoms with van der Waals surface area (Å²) in [6, 6.07) is 10.3. The molecule has 5 rings (SSSR count). The van der Waals surface area contributed by atoms with Gasteiger partial charge < -0.3 is 33.5 Å². The third-order valence-electron chi connectivity index (χ3n) is 9.07. The standard InChI is InChI=1S/C38H50IN3O6S2/c1-37(2,50-49-6)26-41(11-12-46-15-16-47-14-13-44-4)30-18-27(23-39)17-28(19-30)24-48-35-21-32-31(20-34(35)45-5)36(43)42-33-10-8-7-9-29(33)22-38(42,3)25-40-32/h7-10,17-21,25,29,33H,11-16,22-24,26H2,1-6H3. The van der Waals surface area contributed by atoms with E-state index in [9.17, 15) is 4.79 Å². The molecular formula is C38H50IN3O6S2. The topological polar surface area (TPSA) is 82.1 Å². The van der Waals surface area contributed by atoms with Crippen LogP contribution in [0.5, 0.6) is 11.5 Å². The molecule has 0 saturated carbocycles. The molecular weight excluding hydrogens is 785 g/mol. The number of rotatable bonds is 19. The number of carbonyl (C=O) groups excluding carboxylic acids is 1. The fourth-order valence-corrected chi connectivity index (χ4v) is 9.45. The van der Waals surface area contributed by atoms with E-state index in [1.165, 1.54) is 5.56 Å². The van der Waals surface area contributed by atoms with E-state index in [2.05, 4.69) is 90.9 Å². The van der Waals surface area contributed by atoms with Crippen molar-refractivity contribution in [3.63, 3.8) is 0 Å². The van der Waals surface area contributed by atoms with E-state index in [-0.39, 0.29) is 22.6 Å². The van der Waals surface area contributed by atoms with Gasteiger partial charge in [-0.25, -0.2) is 0 Å². The van der Waals surface area contributed by atoms with Crippen molar-refractivity contribution in [2.45, 2.75) is 54.6 Å². The summed E-state index contributed by atoms with van der Waals surface area (Å²) in [6.07, 6.45) is 13.3. The first kappa shape index (κ1) is 39.0. The highest BCUT2D eigenvalue weighted by atomic mass is 127. The zero-order chi connectivity index (χ0) is 35.7. The fourth-order valence-electron chi connectivity index (χ4n) is 6.84. The first-order valence-corrected chi connectivity index (χ1v) is 21.1. The molecule has 1 amide bonds. The number of amides is 1. The van der Waals surface area contributed by atoms with Crippen LogP contribution in [0.3, 0.4) is 0 Å². The van der Waals surface area contributed by atoms with E-state index < -0.39 is 5.54 Å². The molecule has 12 heteroatoms. The Hall–Kier alpha value is -2.23. The van der Waals surface area contributed by atoms with Gasteiger partial charge in [0, 0.05) is 53.3 Å². The lowest BCUT2D eigenvalue weighted by molar-refractivity contribution is 0.0264. The highest BCUT2D eigenvalue weighted by molar-refractivity contribution is 14.1. The molecule has 2 aromatic rings. The average Bonchev–Trinajstić information content (AvgIpc) is 3.36. The number of nitrogens with zero attached hydrogens (tertiary/aromatic N) is 3. The molecule has 3 aliphatic rings. The van der Waals surface area contributed by atoms with E-state index in [0.717, 1.165) is 35.2 Å². The van der Waals surface area contributed by atoms with Gasteiger partial charge >= 0.3 is 0 Å². The van der Waals surface area contributed by atoms with Crippen LogP contribution in [0, 0.1) is 5.92 Å². The van der Waals surface area contributed by atoms with Crippen LogP contribution in [0.15, 0.2) is 59.6 Å². The minimum Gasteiger partial charge on any atom is -0.493 e. The Balaban J connectivity index is 1.34. The van der Waals surface area contributed by atoms with Crippen LogP contribution in [0.25, 0.3) is 0 Å². The van der Waals surface area contributed by atoms with Crippen LogP contribution in [0.4, 0.5) is 11.4 Å². The fraction of sp³-hybridized carbons (Fsp3) is 0.526. The smallest absolute Gasteiger partial charge is 0.257 e. The molecule has 3 unspecified atom stereocenters. The van der Waals surface area contributed by atoms with Crippen molar-refractivity contribution in [3.05, 3.63) is 71.3 Å². The quantitative estimate of drug-likeness (QED) is 0.0607. The maximum absolute atomic E-state index is 14.1. The van der Waals surface area contributed by atoms with Crippen LogP contribution in [-0.2, 0) is 25.2 Å². The number of carbonyl (C=O) groups is 1. The molecule has 2 aromatic carbocycles. The molecule has 0 bridgehead atoms. The number of aliphatic imine (C=N–C) groups is 1. The summed E-state index contributed by atoms with van der Waals surface area (Å²) in [5, 5.41) is 0. The van der Waals surface area contributed by atoms with Crippen molar-refractivity contribution in [2.24, 2.45) is 10.9 Å². The normalized spacial score (nSPS) is 20.8. The molecule has 0 radical (unpaired) electrons. The van der Waals surface area contributed by atoms with Crippen molar-refractivity contribution in [2.75, 3.05) is 71.5 Å². The zero-order valence-corrected chi connectivity index (χ0v) is 33.8. The zero-order valence-electron chi connectivity index (χ0n) is 30.0. The third-order valence-corrected chi connectivity index (χ3v) is 12.5. The van der Waals surface area contributed by atoms with Crippen LogP contribution >= 0.6 is 44.2 Å². The second-order valence-corrected chi connectivity index (χ2v) is 17.4. The average molecular weight is 836 g/mol. The predicted octanol–water partition coefficient (Wildman–Crippen LogP) is 7.92. The summed E-state index contributed by atoms with van der Waals surface area (Å²) in [4.78, 5) is 23.3. The van der Waals surface area contributed by atoms with E-state index in [0.29, 0.717) is 62.4 Å². The Morgan fingerprint density at radius 1 is 1.00 bits per heavy atom. The Morgan fingerprint density at radius 2 is 1.74 bits per heavy atom. The Morgan fingerprint density at radius 3 is 2.48 bits per heavy atom. The molecule has 1 saturated heterocycles. The number of alkyl halides is 1. The van der Waals surface area contributed by atoms with Gasteiger partial charge in [-0.15, -0.1) is 0 Å². The van der Waals surface area contributed by atoms with Crippen molar-refractivity contribution in [1.29, 1.82) is 0 Å². The Labute approximate surface area is 319 Å². The SMILES string of the molecule is COCCOCCOCCN(CC(C)(C)SSC)c1cc(CI)cc(COc2cc3c(cc2OC)C(=O)N2C4C=CC=CC4CC2(C)C=N3)c1. The van der Waals surface area contributed by atoms with Gasteiger partial charge in [-0.3, -0.25) is 9.79 Å². The van der Waals surface area contributed by atoms with Gasteiger partial charge in [0.2, 0.25) is 0 Å². The molecule has 3 atom stereocenters. The second-order valence-electron chi connectivity index (χ2n) is 13.5. The minimum atomic E-state index is -0.480. The largest absolute Gasteiger partial charge is 0.493 e. The van der Waals surface area contributed by atoms with Crippen LogP contribution in [-0.4, -0.2) is 99.9 Å². The van der Waals surface area contributed by atoms with Crippen molar-refractivity contribution in [1.82, 2.24) is 4.90 Å². The summed E-state index contributed by atoms with van der Waals surface area (Å²) in [5.41, 5.74) is 4.05. The number of fused-ring (bicyclic) bond motifs is 4. The molecule has 2 aliphatic heterocycles. The summed E-state index contributed by atoms with van der Waals surface area (Å²) in [5.74, 6) is 1.30. The third kappa shape index (κ3) is 9.60. The molecule has 0 N–H and O–H groups in total. The lowest BCUT2D eigenvalue weighted by atomic mass is 9.91. The van der Waals surface area contributed by atoms with Crippen LogP contribution in [0.1, 0.15) is 48.7 Å². The first-order valence-electron chi connectivity index (χ1n) is 17.0. The van der Waals surface area contributed by atoms with Gasteiger partial charge in [0.15, 0.2) is 11.5 Å². The molecule has 1 fully saturated rings. The van der Waals surface area contributed by atoms with Crippen molar-refractivity contribution < 1.29 is 28.5 Å². The number of anilines is 1. The van der Waals surface area contributed by atoms with Gasteiger partial charge in [0.05, 0.1) is 63.0 Å². The Bertz CT molecular complexity index is 1570. The number of halogens is 1. The maximum atomic E-state index is 14.1. The number of hydrogen-bond acceptors (Lipinski definition) is 10. The van der Waals surface area contributed by atoms with Crippen molar-refractivity contribution >= 4 is 67.7 Å². The monoisotopic (exact) mass is 835 g/mol. The number of hydrogen-bond donors (Lipinski definition) is 0. The number of methoxy groups -OCH3 is 2.